The molecule has 0 spiro atoms. The predicted molar refractivity (Wildman–Crippen MR) is 163 cm³/mol. The first kappa shape index (κ1) is 27.2. The highest BCUT2D eigenvalue weighted by Gasteiger charge is 2.39. The zero-order valence-electron chi connectivity index (χ0n) is 24.0. The van der Waals surface area contributed by atoms with Gasteiger partial charge in [0.15, 0.2) is 9.84 Å². The molecule has 1 aromatic carbocycles. The molecule has 40 heavy (non-hydrogen) atoms. The van der Waals surface area contributed by atoms with Gasteiger partial charge in [0.2, 0.25) is 5.95 Å². The van der Waals surface area contributed by atoms with Crippen molar-refractivity contribution in [3.05, 3.63) is 42.2 Å². The van der Waals surface area contributed by atoms with Crippen LogP contribution in [0.5, 0.6) is 0 Å². The van der Waals surface area contributed by atoms with Crippen molar-refractivity contribution in [3.8, 4) is 0 Å². The third-order valence-electron chi connectivity index (χ3n) is 8.68. The van der Waals surface area contributed by atoms with Gasteiger partial charge in [-0.15, -0.1) is 0 Å². The van der Waals surface area contributed by atoms with Crippen molar-refractivity contribution < 1.29 is 8.42 Å². The molecule has 0 saturated carbocycles. The minimum absolute atomic E-state index is 0.180. The number of sulfone groups is 1. The van der Waals surface area contributed by atoms with Crippen LogP contribution in [0.1, 0.15) is 45.1 Å². The molecule has 214 valence electrons. The van der Waals surface area contributed by atoms with Crippen LogP contribution in [0, 0.1) is 11.8 Å². The maximum Gasteiger partial charge on any atom is 0.227 e. The molecule has 0 unspecified atom stereocenters. The van der Waals surface area contributed by atoms with Crippen molar-refractivity contribution in [1.82, 2.24) is 19.9 Å². The average Bonchev–Trinajstić information content (AvgIpc) is 2.88. The number of hydrogen-bond donors (Lipinski definition) is 1. The fraction of sp³-hybridized carbons (Fsp3) is 0.567. The van der Waals surface area contributed by atoms with Crippen molar-refractivity contribution in [2.45, 2.75) is 44.8 Å². The fourth-order valence-corrected chi connectivity index (χ4v) is 8.48. The lowest BCUT2D eigenvalue weighted by Gasteiger charge is -2.43. The van der Waals surface area contributed by atoms with E-state index in [2.05, 4.69) is 64.0 Å². The van der Waals surface area contributed by atoms with Gasteiger partial charge >= 0.3 is 0 Å². The molecule has 0 aliphatic carbocycles. The number of piperidine rings is 1. The van der Waals surface area contributed by atoms with Crippen LogP contribution in [0.15, 0.2) is 36.7 Å². The highest BCUT2D eigenvalue weighted by atomic mass is 32.2. The minimum Gasteiger partial charge on any atom is -0.370 e. The molecule has 2 aromatic heterocycles. The summed E-state index contributed by atoms with van der Waals surface area (Å²) in [5, 5.41) is 5.49. The summed E-state index contributed by atoms with van der Waals surface area (Å²) in [5.41, 5.74) is 2.39. The Hall–Kier alpha value is -2.98. The monoisotopic (exact) mass is 563 g/mol. The summed E-state index contributed by atoms with van der Waals surface area (Å²) in [6.45, 7) is 11.5. The number of fused-ring (bicyclic) bond motifs is 1. The Labute approximate surface area is 237 Å². The lowest BCUT2D eigenvalue weighted by molar-refractivity contribution is 0.231. The van der Waals surface area contributed by atoms with Crippen molar-refractivity contribution in [1.29, 1.82) is 0 Å². The van der Waals surface area contributed by atoms with Gasteiger partial charge < -0.3 is 20.0 Å². The Bertz CT molecular complexity index is 1480. The van der Waals surface area contributed by atoms with Crippen LogP contribution in [0.25, 0.3) is 10.8 Å². The van der Waals surface area contributed by atoms with Crippen molar-refractivity contribution in [2.24, 2.45) is 11.8 Å². The van der Waals surface area contributed by atoms with Crippen molar-refractivity contribution >= 4 is 43.9 Å². The molecule has 10 heteroatoms. The summed E-state index contributed by atoms with van der Waals surface area (Å²) in [5.74, 6) is 3.72. The van der Waals surface area contributed by atoms with E-state index in [0.717, 1.165) is 60.2 Å². The van der Waals surface area contributed by atoms with Gasteiger partial charge in [-0.3, -0.25) is 0 Å². The van der Waals surface area contributed by atoms with E-state index in [4.69, 9.17) is 9.97 Å². The highest BCUT2D eigenvalue weighted by molar-refractivity contribution is 7.92. The summed E-state index contributed by atoms with van der Waals surface area (Å²) >= 11 is 0. The van der Waals surface area contributed by atoms with Gasteiger partial charge in [-0.05, 0) is 60.9 Å². The van der Waals surface area contributed by atoms with Gasteiger partial charge in [0.05, 0.1) is 11.0 Å². The Kier molecular flexibility index (Phi) is 7.33. The molecule has 3 fully saturated rings. The number of likely N-dealkylation sites (tertiary alicyclic amines) is 1. The quantitative estimate of drug-likeness (QED) is 0.431. The molecule has 0 amide bonds. The minimum atomic E-state index is -3.03. The average molecular weight is 564 g/mol. The van der Waals surface area contributed by atoms with Crippen molar-refractivity contribution in [2.75, 3.05) is 67.2 Å². The normalized spacial score (nSPS) is 21.1. The molecular formula is C30H41N7O2S. The van der Waals surface area contributed by atoms with Crippen molar-refractivity contribution in [3.63, 3.8) is 0 Å². The molecule has 3 aliphatic heterocycles. The Morgan fingerprint density at radius 1 is 1.00 bits per heavy atom. The number of nitrogens with zero attached hydrogens (tertiary/aromatic N) is 6. The lowest BCUT2D eigenvalue weighted by Crippen LogP contribution is -2.56. The number of rotatable bonds is 8. The number of anilines is 4. The number of aromatic nitrogens is 3. The van der Waals surface area contributed by atoms with E-state index in [9.17, 15) is 8.42 Å². The maximum absolute atomic E-state index is 12.8. The molecule has 5 heterocycles. The van der Waals surface area contributed by atoms with E-state index in [0.29, 0.717) is 24.9 Å². The number of benzene rings is 1. The van der Waals surface area contributed by atoms with Crippen LogP contribution in [0.2, 0.25) is 0 Å². The van der Waals surface area contributed by atoms with Gasteiger partial charge in [-0.25, -0.2) is 18.4 Å². The van der Waals surface area contributed by atoms with Crippen LogP contribution in [-0.4, -0.2) is 85.6 Å². The van der Waals surface area contributed by atoms with Crippen LogP contribution < -0.4 is 15.1 Å². The number of pyridine rings is 1. The predicted octanol–water partition coefficient (Wildman–Crippen LogP) is 4.29. The first-order chi connectivity index (χ1) is 19.2. The maximum atomic E-state index is 12.8. The zero-order valence-corrected chi connectivity index (χ0v) is 24.9. The van der Waals surface area contributed by atoms with Gasteiger partial charge in [0.1, 0.15) is 11.6 Å². The molecular weight excluding hydrogens is 522 g/mol. The van der Waals surface area contributed by atoms with Gasteiger partial charge in [-0.2, -0.15) is 4.98 Å². The number of nitrogens with one attached hydrogen (secondary N) is 1. The van der Waals surface area contributed by atoms with Gasteiger partial charge in [-0.1, -0.05) is 26.8 Å². The largest absolute Gasteiger partial charge is 0.370 e. The molecule has 3 saturated heterocycles. The first-order valence-corrected chi connectivity index (χ1v) is 16.3. The number of hydrogen-bond acceptors (Lipinski definition) is 9. The highest BCUT2D eigenvalue weighted by Crippen LogP contribution is 2.37. The molecule has 3 aromatic rings. The van der Waals surface area contributed by atoms with E-state index < -0.39 is 9.84 Å². The molecule has 6 rings (SSSR count). The summed E-state index contributed by atoms with van der Waals surface area (Å²) in [7, 11) is -1.06. The molecule has 1 atom stereocenters. The topological polar surface area (TPSA) is 94.6 Å². The van der Waals surface area contributed by atoms with Crippen LogP contribution in [0.4, 0.5) is 23.3 Å². The molecule has 0 radical (unpaired) electrons. The second-order valence-corrected chi connectivity index (χ2v) is 14.8. The van der Waals surface area contributed by atoms with E-state index >= 15 is 0 Å². The molecule has 0 bridgehead atoms. The second kappa shape index (κ2) is 10.8. The summed E-state index contributed by atoms with van der Waals surface area (Å²) < 4.78 is 25.6. The summed E-state index contributed by atoms with van der Waals surface area (Å²) in [6.07, 6.45) is 6.18. The van der Waals surface area contributed by atoms with Gasteiger partial charge in [0.25, 0.3) is 0 Å². The second-order valence-electron chi connectivity index (χ2n) is 12.4. The van der Waals surface area contributed by atoms with Gasteiger partial charge in [0, 0.05) is 68.7 Å². The summed E-state index contributed by atoms with van der Waals surface area (Å²) in [4.78, 5) is 20.7. The van der Waals surface area contributed by atoms with E-state index in [-0.39, 0.29) is 16.9 Å². The standard InChI is InChI=1S/C30H41N7O2S/c1-20(2)24-7-8-27(37-15-22(16-37)19-40(38,39)23-17-35(4)18-23)26-13-32-29(12-25(24)26)33-28-9-10-31-30(34-28)36-11-5-6-21(3)14-36/h7-10,12-13,20-23H,5-6,11,14-19H2,1-4H3,(H,31,32,33,34)/t21-/m0/s1. The van der Waals surface area contributed by atoms with Crippen LogP contribution in [0.3, 0.4) is 0 Å². The fourth-order valence-electron chi connectivity index (χ4n) is 6.37. The van der Waals surface area contributed by atoms with E-state index in [1.54, 1.807) is 0 Å². The smallest absolute Gasteiger partial charge is 0.227 e. The van der Waals surface area contributed by atoms with Crippen LogP contribution >= 0.6 is 0 Å². The van der Waals surface area contributed by atoms with E-state index in [1.807, 2.05) is 25.5 Å². The Morgan fingerprint density at radius 2 is 1.80 bits per heavy atom. The lowest BCUT2D eigenvalue weighted by atomic mass is 9.93. The first-order valence-electron chi connectivity index (χ1n) is 14.6. The Balaban J connectivity index is 1.20. The SMILES string of the molecule is CC(C)c1ccc(N2CC(CS(=O)(=O)C3CN(C)C3)C2)c2cnc(Nc3ccnc(N4CCC[C@H](C)C4)n3)cc12. The van der Waals surface area contributed by atoms with Crippen LogP contribution in [-0.2, 0) is 9.84 Å². The molecule has 3 aliphatic rings. The summed E-state index contributed by atoms with van der Waals surface area (Å²) in [6, 6.07) is 8.39. The zero-order chi connectivity index (χ0) is 28.0. The van der Waals surface area contributed by atoms with E-state index in [1.165, 1.54) is 18.4 Å². The third-order valence-corrected chi connectivity index (χ3v) is 10.9. The molecule has 9 nitrogen and oxygen atoms in total. The molecule has 1 N–H and O–H groups in total. The third kappa shape index (κ3) is 5.48. The Morgan fingerprint density at radius 3 is 2.52 bits per heavy atom.